The summed E-state index contributed by atoms with van der Waals surface area (Å²) in [4.78, 5) is 125. The molecular formula is C51H56N21O9+. The Kier molecular flexibility index (Phi) is 15.0. The van der Waals surface area contributed by atoms with E-state index >= 15 is 0 Å². The molecule has 0 aliphatic carbocycles. The average molecular weight is 1110 g/mol. The van der Waals surface area contributed by atoms with Crippen LogP contribution in [-0.2, 0) is 54.1 Å². The molecule has 418 valence electrons. The van der Waals surface area contributed by atoms with Crippen LogP contribution < -0.4 is 48.3 Å². The van der Waals surface area contributed by atoms with E-state index in [0.717, 1.165) is 0 Å². The third-order valence-electron chi connectivity index (χ3n) is 12.9. The third kappa shape index (κ3) is 11.5. The molecule has 8 heterocycles. The number of hydrogen-bond acceptors (Lipinski definition) is 13. The predicted octanol–water partition coefficient (Wildman–Crippen LogP) is 1.48. The van der Waals surface area contributed by atoms with E-state index in [1.54, 1.807) is 106 Å². The Morgan fingerprint density at radius 2 is 1.11 bits per heavy atom. The van der Waals surface area contributed by atoms with E-state index in [9.17, 15) is 43.5 Å². The number of H-pyrrole nitrogens is 1. The number of benzene rings is 1. The molecule has 0 spiro atoms. The minimum Gasteiger partial charge on any atom is -0.504 e. The molecule has 30 heteroatoms. The maximum absolute atomic E-state index is 13.5. The van der Waals surface area contributed by atoms with Gasteiger partial charge in [0.2, 0.25) is 11.6 Å². The normalized spacial score (nSPS) is 11.5. The molecule has 0 aliphatic heterocycles. The number of rotatable bonds is 18. The van der Waals surface area contributed by atoms with Gasteiger partial charge in [-0.3, -0.25) is 38.4 Å². The quantitative estimate of drug-likeness (QED) is 0.0581. The maximum atomic E-state index is 13.5. The molecule has 13 N–H and O–H groups in total. The zero-order valence-corrected chi connectivity index (χ0v) is 44.9. The number of anilines is 6. The van der Waals surface area contributed by atoms with Gasteiger partial charge in [-0.25, -0.2) is 19.9 Å². The molecule has 0 unspecified atom stereocenters. The van der Waals surface area contributed by atoms with Crippen LogP contribution in [0.1, 0.15) is 80.1 Å². The lowest BCUT2D eigenvalue weighted by Crippen LogP contribution is -2.67. The number of aromatic amines is 1. The second-order valence-electron chi connectivity index (χ2n) is 18.9. The molecule has 0 radical (unpaired) electrons. The summed E-state index contributed by atoms with van der Waals surface area (Å²) in [6.07, 6.45) is 12.3. The van der Waals surface area contributed by atoms with Crippen molar-refractivity contribution < 1.29 is 49.2 Å². The number of aryl methyl sites for hydroxylation is 7. The van der Waals surface area contributed by atoms with Crippen LogP contribution in [0.2, 0.25) is 0 Å². The van der Waals surface area contributed by atoms with Crippen molar-refractivity contribution in [2.45, 2.75) is 12.5 Å². The highest BCUT2D eigenvalue weighted by Gasteiger charge is 2.26. The van der Waals surface area contributed by atoms with Crippen molar-refractivity contribution >= 4 is 92.7 Å². The lowest BCUT2D eigenvalue weighted by Gasteiger charge is -2.09. The van der Waals surface area contributed by atoms with Crippen molar-refractivity contribution in [3.63, 3.8) is 0 Å². The largest absolute Gasteiger partial charge is 0.504 e. The van der Waals surface area contributed by atoms with Gasteiger partial charge in [-0.15, -0.1) is 0 Å². The highest BCUT2D eigenvalue weighted by molar-refractivity contribution is 6.09. The smallest absolute Gasteiger partial charge is 0.292 e. The van der Waals surface area contributed by atoms with Crippen molar-refractivity contribution in [3.05, 3.63) is 126 Å². The Balaban J connectivity index is 0.741. The van der Waals surface area contributed by atoms with Crippen LogP contribution in [0.5, 0.6) is 5.75 Å². The summed E-state index contributed by atoms with van der Waals surface area (Å²) in [7, 11) is 12.9. The fraction of sp³-hybridized carbons (Fsp3) is 0.216. The van der Waals surface area contributed by atoms with Gasteiger partial charge in [-0.1, -0.05) is 0 Å². The standard InChI is InChI=1S/C51H55N21O9/c1-53-46(76)33-16-26(19-67(33)3)56-44(74)25-9-10-30-31(15-25)60-40(59-30)38-39(73)32(22-70(38)6)61-51(81)43-62-36(23-72(43)8)64-45(75)29(52)11-12-55-47(77)34-17-27(20-68(34)4)57-48(78)35-18-28(21-69(35)5)58-50(80)42-63-37(24-71(42)7)65-49(79)41-54-13-14-66(41)2/h9-10,13-24,29,73H,11-12,52H2,1-8H3,(H,53,76)(H,55,77)(H,56,74)(H,57,78)(H,58,80)(H,59,60)(H,61,81)(H,64,75)(H,65,79)/p+1/t29-/m1/s1. The van der Waals surface area contributed by atoms with Gasteiger partial charge in [0, 0.05) is 124 Å². The Hall–Kier alpha value is -11.0. The summed E-state index contributed by atoms with van der Waals surface area (Å²) in [6, 6.07) is 8.47. The lowest BCUT2D eigenvalue weighted by atomic mass is 10.2. The molecule has 9 aromatic rings. The van der Waals surface area contributed by atoms with Crippen LogP contribution in [0.25, 0.3) is 22.6 Å². The highest BCUT2D eigenvalue weighted by atomic mass is 16.3. The number of quaternary nitrogens is 1. The minimum absolute atomic E-state index is 0.00740. The van der Waals surface area contributed by atoms with Gasteiger partial charge in [-0.05, 0) is 36.4 Å². The molecule has 0 aliphatic rings. The second-order valence-corrected chi connectivity index (χ2v) is 18.9. The summed E-state index contributed by atoms with van der Waals surface area (Å²) < 4.78 is 10.5. The molecule has 8 aromatic heterocycles. The van der Waals surface area contributed by atoms with Crippen LogP contribution in [-0.4, -0.2) is 129 Å². The molecule has 1 aromatic carbocycles. The summed E-state index contributed by atoms with van der Waals surface area (Å²) in [5, 5.41) is 32.8. The molecule has 0 fully saturated rings. The topological polar surface area (TPSA) is 383 Å². The first-order valence-corrected chi connectivity index (χ1v) is 24.7. The van der Waals surface area contributed by atoms with Crippen LogP contribution in [0.3, 0.4) is 0 Å². The number of carbonyl (C=O) groups excluding carboxylic acids is 8. The number of fused-ring (bicyclic) bond motifs is 1. The van der Waals surface area contributed by atoms with Gasteiger partial charge in [0.15, 0.2) is 35.1 Å². The third-order valence-corrected chi connectivity index (χ3v) is 12.9. The summed E-state index contributed by atoms with van der Waals surface area (Å²) in [5.74, 6) is -3.91. The van der Waals surface area contributed by atoms with Gasteiger partial charge >= 0.3 is 0 Å². The summed E-state index contributed by atoms with van der Waals surface area (Å²) in [6.45, 7) is 0.0486. The molecule has 9 rings (SSSR count). The first-order valence-electron chi connectivity index (χ1n) is 24.7. The number of nitrogens with zero attached hydrogens (tertiary/aromatic N) is 11. The van der Waals surface area contributed by atoms with Crippen molar-refractivity contribution in [2.24, 2.45) is 49.3 Å². The first kappa shape index (κ1) is 54.7. The second kappa shape index (κ2) is 22.1. The fourth-order valence-electron chi connectivity index (χ4n) is 8.76. The van der Waals surface area contributed by atoms with Crippen LogP contribution in [0.15, 0.2) is 86.0 Å². The molecule has 0 saturated carbocycles. The predicted molar refractivity (Wildman–Crippen MR) is 293 cm³/mol. The van der Waals surface area contributed by atoms with E-state index in [0.29, 0.717) is 39.4 Å². The van der Waals surface area contributed by atoms with Crippen LogP contribution in [0, 0.1) is 0 Å². The minimum atomic E-state index is -0.861. The van der Waals surface area contributed by atoms with E-state index in [1.165, 1.54) is 68.4 Å². The van der Waals surface area contributed by atoms with Gasteiger partial charge in [0.05, 0.1) is 28.1 Å². The van der Waals surface area contributed by atoms with Gasteiger partial charge in [-0.2, -0.15) is 0 Å². The SMILES string of the molecule is CNC(=O)c1cc(NC(=O)c2ccc3nc(-c4c(O)c(NC(=O)c5nc(NC(=O)[C@H]([NH3+])CCNC(=O)c6cc(NC(=O)c7cc(NC(=O)c8nc(NC(=O)c9nccn9C)cn8C)cn7C)cn6C)cn5C)cn4C)[nH]c3c2)cn1C. The Morgan fingerprint density at radius 3 is 1.70 bits per heavy atom. The summed E-state index contributed by atoms with van der Waals surface area (Å²) >= 11 is 0. The molecule has 1 atom stereocenters. The molecule has 30 nitrogen and oxygen atoms in total. The molecule has 8 amide bonds. The zero-order valence-electron chi connectivity index (χ0n) is 44.9. The molecule has 81 heavy (non-hydrogen) atoms. The van der Waals surface area contributed by atoms with E-state index in [2.05, 4.69) is 73.2 Å². The Bertz CT molecular complexity index is 4000. The van der Waals surface area contributed by atoms with Crippen LogP contribution >= 0.6 is 0 Å². The average Bonchev–Trinajstić information content (AvgIpc) is 4.45. The molecular weight excluding hydrogens is 1050 g/mol. The number of amides is 8. The first-order chi connectivity index (χ1) is 38.5. The Morgan fingerprint density at radius 1 is 0.568 bits per heavy atom. The zero-order chi connectivity index (χ0) is 58.1. The van der Waals surface area contributed by atoms with Crippen molar-refractivity contribution in [1.29, 1.82) is 0 Å². The van der Waals surface area contributed by atoms with E-state index < -0.39 is 47.4 Å². The van der Waals surface area contributed by atoms with E-state index in [4.69, 9.17) is 0 Å². The van der Waals surface area contributed by atoms with E-state index in [1.807, 2.05) is 0 Å². The maximum Gasteiger partial charge on any atom is 0.292 e. The number of aromatic hydroxyl groups is 1. The number of hydrogen-bond donors (Lipinski definition) is 11. The Labute approximate surface area is 458 Å². The molecule has 0 bridgehead atoms. The van der Waals surface area contributed by atoms with E-state index in [-0.39, 0.29) is 82.3 Å². The number of aromatic nitrogens is 12. The highest BCUT2D eigenvalue weighted by Crippen LogP contribution is 2.37. The number of carbonyl (C=O) groups is 8. The van der Waals surface area contributed by atoms with Crippen molar-refractivity contribution in [3.8, 4) is 17.3 Å². The van der Waals surface area contributed by atoms with Gasteiger partial charge < -0.3 is 90.3 Å². The molecule has 0 saturated heterocycles. The van der Waals surface area contributed by atoms with Crippen molar-refractivity contribution in [1.82, 2.24) is 67.5 Å². The number of nitrogens with one attached hydrogen (secondary N) is 9. The van der Waals surface area contributed by atoms with Crippen LogP contribution in [0.4, 0.5) is 34.4 Å². The van der Waals surface area contributed by atoms with Gasteiger partial charge in [0.1, 0.15) is 28.5 Å². The monoisotopic (exact) mass is 1110 g/mol. The number of imidazole rings is 4. The summed E-state index contributed by atoms with van der Waals surface area (Å²) in [5.41, 5.74) is 7.28. The van der Waals surface area contributed by atoms with Crippen molar-refractivity contribution in [2.75, 3.05) is 45.5 Å². The van der Waals surface area contributed by atoms with Gasteiger partial charge in [0.25, 0.3) is 47.3 Å². The fourth-order valence-corrected chi connectivity index (χ4v) is 8.76. The lowest BCUT2D eigenvalue weighted by molar-refractivity contribution is -0.403.